The quantitative estimate of drug-likeness (QED) is 0.105. The van der Waals surface area contributed by atoms with Gasteiger partial charge in [0.25, 0.3) is 0 Å². The second kappa shape index (κ2) is 12.1. The molecule has 8 heteroatoms. The first-order valence-electron chi connectivity index (χ1n) is 19.2. The summed E-state index contributed by atoms with van der Waals surface area (Å²) < 4.78 is 3.20. The molecule has 0 nitrogen and oxygen atoms in total. The van der Waals surface area contributed by atoms with Crippen LogP contribution in [-0.4, -0.2) is 14.6 Å². The van der Waals surface area contributed by atoms with Crippen molar-refractivity contribution in [1.29, 1.82) is 0 Å². The molecule has 0 bridgehead atoms. The monoisotopic (exact) mass is 842 g/mol. The van der Waals surface area contributed by atoms with Gasteiger partial charge in [0.15, 0.2) is 0 Å². The Balaban J connectivity index is 1.01. The summed E-state index contributed by atoms with van der Waals surface area (Å²) in [6, 6.07) is 22.0. The molecule has 2 aromatic carbocycles. The Morgan fingerprint density at radius 2 is 1.04 bits per heavy atom. The highest BCUT2D eigenvalue weighted by atomic mass is 32.1. The van der Waals surface area contributed by atoms with Gasteiger partial charge in [-0.25, -0.2) is 0 Å². The average molecular weight is 843 g/mol. The molecule has 4 heterocycles. The van der Waals surface area contributed by atoms with E-state index in [-0.39, 0.29) is 16.1 Å². The fourth-order valence-corrected chi connectivity index (χ4v) is 18.6. The first-order chi connectivity index (χ1) is 26.4. The van der Waals surface area contributed by atoms with E-state index in [4.69, 9.17) is 49.3 Å². The molecular weight excluding hydrogens is 809 g/mol. The standard InChI is InChI=1S/C46H34S8/c47-35-25-11-3-4-12-26(25)36(48)29(35)19-23-21-31-39(51-23)41-33(45(31)15-7-1-8-16-45)43-44(53-41)34-42(54-43)40-32(46(34)17-9-2-10-18-46)22-24(52-40)20-30-37(49)27-13-5-6-14-28(27)38(30)50/h3-6,11-14,19-22,35,47H,1-2,7-10,15-18H2/b29-19-. The molecule has 2 fully saturated rings. The second-order valence-electron chi connectivity index (χ2n) is 16.0. The Hall–Kier alpha value is -2.40. The van der Waals surface area contributed by atoms with Crippen molar-refractivity contribution in [3.63, 3.8) is 0 Å². The number of thiol groups is 1. The highest BCUT2D eigenvalue weighted by Crippen LogP contribution is 2.69. The molecule has 266 valence electrons. The van der Waals surface area contributed by atoms with Crippen LogP contribution in [0.5, 0.6) is 0 Å². The molecule has 2 spiro atoms. The summed E-state index contributed by atoms with van der Waals surface area (Å²) in [6.07, 6.45) is 17.6. The van der Waals surface area contributed by atoms with Gasteiger partial charge in [0, 0.05) is 63.0 Å². The molecule has 1 atom stereocenters. The topological polar surface area (TPSA) is 0 Å². The Kier molecular flexibility index (Phi) is 7.53. The zero-order valence-electron chi connectivity index (χ0n) is 29.4. The maximum Gasteiger partial charge on any atom is 0.0543 e. The van der Waals surface area contributed by atoms with Crippen molar-refractivity contribution >= 4 is 131 Å². The van der Waals surface area contributed by atoms with E-state index in [1.54, 1.807) is 41.4 Å². The van der Waals surface area contributed by atoms with E-state index in [1.807, 2.05) is 22.7 Å². The van der Waals surface area contributed by atoms with E-state index in [0.717, 1.165) is 31.3 Å². The summed E-state index contributed by atoms with van der Waals surface area (Å²) in [7, 11) is 0. The van der Waals surface area contributed by atoms with Crippen LogP contribution in [-0.2, 0) is 10.8 Å². The van der Waals surface area contributed by atoms with Gasteiger partial charge < -0.3 is 0 Å². The fraction of sp³-hybridized carbons (Fsp3) is 0.283. The number of hydrogen-bond donors (Lipinski definition) is 1. The van der Waals surface area contributed by atoms with Gasteiger partial charge >= 0.3 is 0 Å². The van der Waals surface area contributed by atoms with Crippen molar-refractivity contribution in [3.8, 4) is 19.5 Å². The van der Waals surface area contributed by atoms with Crippen LogP contribution in [0.15, 0.2) is 71.8 Å². The Morgan fingerprint density at radius 1 is 0.556 bits per heavy atom. The predicted molar refractivity (Wildman–Crippen MR) is 250 cm³/mol. The van der Waals surface area contributed by atoms with Crippen LogP contribution in [0, 0.1) is 0 Å². The number of benzene rings is 2. The van der Waals surface area contributed by atoms with Gasteiger partial charge in [-0.1, -0.05) is 124 Å². The highest BCUT2D eigenvalue weighted by molar-refractivity contribution is 7.84. The summed E-state index contributed by atoms with van der Waals surface area (Å²) in [5.41, 5.74) is 13.6. The lowest BCUT2D eigenvalue weighted by molar-refractivity contribution is 0.354. The molecule has 0 amide bonds. The van der Waals surface area contributed by atoms with Crippen LogP contribution in [0.25, 0.3) is 41.1 Å². The van der Waals surface area contributed by atoms with Crippen LogP contribution in [0.2, 0.25) is 0 Å². The first kappa shape index (κ1) is 33.7. The molecule has 6 aliphatic rings. The van der Waals surface area contributed by atoms with E-state index in [9.17, 15) is 0 Å². The zero-order chi connectivity index (χ0) is 36.1. The number of rotatable bonds is 2. The van der Waals surface area contributed by atoms with Crippen molar-refractivity contribution in [2.24, 2.45) is 0 Å². The van der Waals surface area contributed by atoms with Gasteiger partial charge in [-0.05, 0) is 77.8 Å². The lowest BCUT2D eigenvalue weighted by Gasteiger charge is -2.35. The highest BCUT2D eigenvalue weighted by Gasteiger charge is 2.52. The van der Waals surface area contributed by atoms with Crippen LogP contribution >= 0.6 is 94.6 Å². The zero-order valence-corrected chi connectivity index (χ0v) is 36.0. The molecule has 2 saturated carbocycles. The third-order valence-electron chi connectivity index (χ3n) is 13.4. The van der Waals surface area contributed by atoms with Crippen molar-refractivity contribution < 1.29 is 0 Å². The Labute approximate surface area is 353 Å². The van der Waals surface area contributed by atoms with E-state index in [0.29, 0.717) is 0 Å². The Bertz CT molecular complexity index is 2720. The minimum Gasteiger partial charge on any atom is -0.166 e. The van der Waals surface area contributed by atoms with Crippen molar-refractivity contribution in [2.75, 3.05) is 0 Å². The maximum atomic E-state index is 6.04. The molecule has 6 aliphatic carbocycles. The summed E-state index contributed by atoms with van der Waals surface area (Å²) in [5.74, 6) is 0. The third-order valence-corrected chi connectivity index (χ3v) is 20.3. The molecule has 54 heavy (non-hydrogen) atoms. The van der Waals surface area contributed by atoms with E-state index < -0.39 is 0 Å². The lowest BCUT2D eigenvalue weighted by Crippen LogP contribution is -2.28. The predicted octanol–water partition coefficient (Wildman–Crippen LogP) is 14.9. The molecule has 0 N–H and O–H groups in total. The smallest absolute Gasteiger partial charge is 0.0543 e. The number of thiophene rings is 4. The van der Waals surface area contributed by atoms with Crippen molar-refractivity contribution in [3.05, 3.63) is 126 Å². The summed E-state index contributed by atoms with van der Waals surface area (Å²) >= 11 is 31.4. The van der Waals surface area contributed by atoms with Gasteiger partial charge in [0.1, 0.15) is 0 Å². The number of allylic oxidation sites excluding steroid dienone is 1. The van der Waals surface area contributed by atoms with E-state index >= 15 is 0 Å². The minimum atomic E-state index is 0.0342. The van der Waals surface area contributed by atoms with E-state index in [2.05, 4.69) is 95.5 Å². The molecule has 12 rings (SSSR count). The number of fused-ring (bicyclic) bond motifs is 15. The summed E-state index contributed by atoms with van der Waals surface area (Å²) in [6.45, 7) is 0. The first-order valence-corrected chi connectivity index (χ1v) is 24.2. The molecule has 4 aromatic heterocycles. The summed E-state index contributed by atoms with van der Waals surface area (Å²) in [5, 5.41) is 0.0342. The maximum absolute atomic E-state index is 6.04. The molecule has 6 aromatic rings. The van der Waals surface area contributed by atoms with Crippen LogP contribution < -0.4 is 0 Å². The normalized spacial score (nSPS) is 22.0. The minimum absolute atomic E-state index is 0.0342. The third kappa shape index (κ3) is 4.38. The largest absolute Gasteiger partial charge is 0.166 e. The second-order valence-corrected chi connectivity index (χ2v) is 22.0. The van der Waals surface area contributed by atoms with E-state index in [1.165, 1.54) is 100 Å². The lowest BCUT2D eigenvalue weighted by atomic mass is 9.67. The van der Waals surface area contributed by atoms with Crippen molar-refractivity contribution in [1.82, 2.24) is 0 Å². The van der Waals surface area contributed by atoms with Crippen LogP contribution in [0.3, 0.4) is 0 Å². The van der Waals surface area contributed by atoms with Crippen LogP contribution in [0.1, 0.15) is 124 Å². The van der Waals surface area contributed by atoms with Gasteiger partial charge in [-0.3, -0.25) is 0 Å². The molecule has 0 aliphatic heterocycles. The molecular formula is C46H34S8. The number of thiocarbonyl (C=S) groups is 3. The molecule has 1 unspecified atom stereocenters. The van der Waals surface area contributed by atoms with Crippen LogP contribution in [0.4, 0.5) is 0 Å². The average Bonchev–Trinajstić information content (AvgIpc) is 4.07. The van der Waals surface area contributed by atoms with Gasteiger partial charge in [-0.15, -0.1) is 45.3 Å². The SMILES string of the molecule is S=C1C(=Cc2cc3c(s2)-c2sc4c5c(sc4c2C32CCCCC2)-c2sc(/C=C3\C(=S)c4ccccc4C3S)cc2C52CCCCC2)C(=S)c2ccccc21. The van der Waals surface area contributed by atoms with Gasteiger partial charge in [0.05, 0.1) is 34.1 Å². The Morgan fingerprint density at radius 3 is 1.56 bits per heavy atom. The van der Waals surface area contributed by atoms with Gasteiger partial charge in [-0.2, -0.15) is 12.6 Å². The number of hydrogen-bond acceptors (Lipinski definition) is 8. The van der Waals surface area contributed by atoms with Crippen molar-refractivity contribution in [2.45, 2.75) is 80.3 Å². The summed E-state index contributed by atoms with van der Waals surface area (Å²) in [4.78, 5) is 11.6. The molecule has 0 radical (unpaired) electrons. The fourth-order valence-electron chi connectivity index (χ4n) is 11.0. The molecule has 0 saturated heterocycles. The van der Waals surface area contributed by atoms with Gasteiger partial charge in [0.2, 0.25) is 0 Å².